The summed E-state index contributed by atoms with van der Waals surface area (Å²) >= 11 is 0. The lowest BCUT2D eigenvalue weighted by atomic mass is 9.98. The van der Waals surface area contributed by atoms with Gasteiger partial charge >= 0.3 is 12.1 Å². The molecule has 0 saturated carbocycles. The van der Waals surface area contributed by atoms with Crippen LogP contribution in [0.2, 0.25) is 0 Å². The van der Waals surface area contributed by atoms with E-state index in [9.17, 15) is 14.8 Å². The van der Waals surface area contributed by atoms with Gasteiger partial charge in [-0.3, -0.25) is 10.1 Å². The zero-order chi connectivity index (χ0) is 21.2. The van der Waals surface area contributed by atoms with Crippen LogP contribution in [0, 0.1) is 0 Å². The molecular weight excluding hydrogens is 360 g/mol. The number of benzene rings is 1. The summed E-state index contributed by atoms with van der Waals surface area (Å²) in [4.78, 5) is 28.9. The Morgan fingerprint density at radius 3 is 2.43 bits per heavy atom. The van der Waals surface area contributed by atoms with Gasteiger partial charge in [0.1, 0.15) is 5.75 Å². The molecule has 0 aromatic heterocycles. The van der Waals surface area contributed by atoms with Crippen molar-refractivity contribution in [1.29, 1.82) is 0 Å². The Kier molecular flexibility index (Phi) is 6.44. The Hall–Kier alpha value is -2.48. The van der Waals surface area contributed by atoms with Crippen LogP contribution in [0.4, 0.5) is 9.59 Å². The van der Waals surface area contributed by atoms with Crippen LogP contribution in [-0.4, -0.2) is 63.0 Å². The molecule has 0 radical (unpaired) electrons. The van der Waals surface area contributed by atoms with E-state index in [1.54, 1.807) is 12.0 Å². The van der Waals surface area contributed by atoms with Gasteiger partial charge in [-0.15, -0.1) is 0 Å². The predicted octanol–water partition coefficient (Wildman–Crippen LogP) is 3.26. The maximum atomic E-state index is 13.3. The van der Waals surface area contributed by atoms with E-state index in [0.29, 0.717) is 17.4 Å². The summed E-state index contributed by atoms with van der Waals surface area (Å²) in [5.74, 6) is 0.684. The number of amides is 4. The molecule has 1 aromatic carbocycles. The Bertz CT molecular complexity index is 720. The average Bonchev–Trinajstić information content (AvgIpc) is 2.81. The maximum Gasteiger partial charge on any atom is 0.343 e. The molecule has 1 aliphatic rings. The molecule has 8 nitrogen and oxygen atoms in total. The third-order valence-electron chi connectivity index (χ3n) is 4.97. The van der Waals surface area contributed by atoms with Crippen molar-refractivity contribution in [2.45, 2.75) is 71.9 Å². The standard InChI is InChI=1S/C20H32N4O4/c1-13(2)21-18(25)24(27)17-20(5,6)22(19(26)23(17)14(3)4)12-15-10-8-9-11-16(15)28-7/h8-11,13-14,17,27H,12H2,1-7H3,(H,21,25). The van der Waals surface area contributed by atoms with E-state index in [-0.39, 0.29) is 18.1 Å². The molecule has 1 fully saturated rings. The van der Waals surface area contributed by atoms with Gasteiger partial charge in [-0.05, 0) is 47.6 Å². The molecule has 1 saturated heterocycles. The SMILES string of the molecule is COc1ccccc1CN1C(=O)N(C(C)C)C(N(O)C(=O)NC(C)C)C1(C)C. The first-order valence-electron chi connectivity index (χ1n) is 9.52. The van der Waals surface area contributed by atoms with Gasteiger partial charge in [0.2, 0.25) is 0 Å². The van der Waals surface area contributed by atoms with Crippen LogP contribution in [0.15, 0.2) is 24.3 Å². The van der Waals surface area contributed by atoms with E-state index in [0.717, 1.165) is 5.56 Å². The van der Waals surface area contributed by atoms with Gasteiger partial charge in [0.25, 0.3) is 0 Å². The second-order valence-electron chi connectivity index (χ2n) is 8.16. The number of hydroxylamine groups is 2. The minimum atomic E-state index is -0.842. The number of urea groups is 2. The quantitative estimate of drug-likeness (QED) is 0.575. The smallest absolute Gasteiger partial charge is 0.343 e. The maximum absolute atomic E-state index is 13.3. The molecule has 0 aliphatic carbocycles. The normalized spacial score (nSPS) is 18.8. The monoisotopic (exact) mass is 392 g/mol. The summed E-state index contributed by atoms with van der Waals surface area (Å²) in [5, 5.41) is 14.0. The van der Waals surface area contributed by atoms with Crippen LogP contribution >= 0.6 is 0 Å². The number of methoxy groups -OCH3 is 1. The van der Waals surface area contributed by atoms with Crippen molar-refractivity contribution in [1.82, 2.24) is 20.2 Å². The third-order valence-corrected chi connectivity index (χ3v) is 4.97. The van der Waals surface area contributed by atoms with Gasteiger partial charge in [0.15, 0.2) is 6.17 Å². The minimum absolute atomic E-state index is 0.139. The summed E-state index contributed by atoms with van der Waals surface area (Å²) in [7, 11) is 1.59. The zero-order valence-corrected chi connectivity index (χ0v) is 17.8. The molecule has 2 rings (SSSR count). The number of nitrogens with one attached hydrogen (secondary N) is 1. The molecule has 1 unspecified atom stereocenters. The molecule has 1 aliphatic heterocycles. The van der Waals surface area contributed by atoms with Gasteiger partial charge in [0.05, 0.1) is 19.2 Å². The first kappa shape index (κ1) is 21.8. The van der Waals surface area contributed by atoms with Crippen molar-refractivity contribution in [3.63, 3.8) is 0 Å². The first-order valence-corrected chi connectivity index (χ1v) is 9.52. The third kappa shape index (κ3) is 4.01. The van der Waals surface area contributed by atoms with Crippen LogP contribution in [0.25, 0.3) is 0 Å². The van der Waals surface area contributed by atoms with Crippen molar-refractivity contribution in [3.05, 3.63) is 29.8 Å². The fraction of sp³-hybridized carbons (Fsp3) is 0.600. The largest absolute Gasteiger partial charge is 0.496 e. The highest BCUT2D eigenvalue weighted by atomic mass is 16.5. The summed E-state index contributed by atoms with van der Waals surface area (Å²) < 4.78 is 5.41. The number of hydrogen-bond acceptors (Lipinski definition) is 4. The van der Waals surface area contributed by atoms with Crippen LogP contribution < -0.4 is 10.1 Å². The summed E-state index contributed by atoms with van der Waals surface area (Å²) in [6.07, 6.45) is -0.839. The van der Waals surface area contributed by atoms with Crippen molar-refractivity contribution in [3.8, 4) is 5.75 Å². The van der Waals surface area contributed by atoms with Crippen molar-refractivity contribution in [2.24, 2.45) is 0 Å². The lowest BCUT2D eigenvalue weighted by molar-refractivity contribution is -0.138. The van der Waals surface area contributed by atoms with E-state index < -0.39 is 17.7 Å². The van der Waals surface area contributed by atoms with Crippen LogP contribution in [0.1, 0.15) is 47.1 Å². The van der Waals surface area contributed by atoms with Crippen LogP contribution in [-0.2, 0) is 6.54 Å². The fourth-order valence-electron chi connectivity index (χ4n) is 3.59. The molecule has 4 amide bonds. The van der Waals surface area contributed by atoms with Crippen molar-refractivity contribution >= 4 is 12.1 Å². The fourth-order valence-corrected chi connectivity index (χ4v) is 3.59. The number of para-hydroxylation sites is 1. The average molecular weight is 393 g/mol. The second-order valence-corrected chi connectivity index (χ2v) is 8.16. The number of carbonyl (C=O) groups excluding carboxylic acids is 2. The number of rotatable bonds is 6. The highest BCUT2D eigenvalue weighted by molar-refractivity contribution is 5.81. The summed E-state index contributed by atoms with van der Waals surface area (Å²) in [6, 6.07) is 6.27. The first-order chi connectivity index (χ1) is 13.0. The Balaban J connectivity index is 2.41. The highest BCUT2D eigenvalue weighted by Gasteiger charge is 2.56. The number of nitrogens with zero attached hydrogens (tertiary/aromatic N) is 3. The molecular formula is C20H32N4O4. The van der Waals surface area contributed by atoms with E-state index in [1.165, 1.54) is 4.90 Å². The van der Waals surface area contributed by atoms with Crippen molar-refractivity contribution in [2.75, 3.05) is 7.11 Å². The number of carbonyl (C=O) groups is 2. The Morgan fingerprint density at radius 2 is 1.89 bits per heavy atom. The van der Waals surface area contributed by atoms with Gasteiger partial charge in [0, 0.05) is 17.6 Å². The molecule has 1 atom stereocenters. The lowest BCUT2D eigenvalue weighted by Crippen LogP contribution is -2.60. The molecule has 8 heteroatoms. The van der Waals surface area contributed by atoms with Crippen LogP contribution in [0.5, 0.6) is 5.75 Å². The van der Waals surface area contributed by atoms with E-state index in [4.69, 9.17) is 4.74 Å². The Morgan fingerprint density at radius 1 is 1.29 bits per heavy atom. The number of hydrogen-bond donors (Lipinski definition) is 2. The molecule has 1 aromatic rings. The summed E-state index contributed by atoms with van der Waals surface area (Å²) in [5.41, 5.74) is 0.0116. The molecule has 0 bridgehead atoms. The zero-order valence-electron chi connectivity index (χ0n) is 17.8. The molecule has 28 heavy (non-hydrogen) atoms. The lowest BCUT2D eigenvalue weighted by Gasteiger charge is -2.39. The Labute approximate surface area is 167 Å². The molecule has 156 valence electrons. The predicted molar refractivity (Wildman–Crippen MR) is 106 cm³/mol. The molecule has 2 N–H and O–H groups in total. The van der Waals surface area contributed by atoms with Gasteiger partial charge in [-0.2, -0.15) is 5.06 Å². The minimum Gasteiger partial charge on any atom is -0.496 e. The number of ether oxygens (including phenoxy) is 1. The van der Waals surface area contributed by atoms with Gasteiger partial charge < -0.3 is 15.0 Å². The molecule has 1 heterocycles. The van der Waals surface area contributed by atoms with Crippen molar-refractivity contribution < 1.29 is 19.5 Å². The van der Waals surface area contributed by atoms with Gasteiger partial charge in [-0.25, -0.2) is 9.59 Å². The highest BCUT2D eigenvalue weighted by Crippen LogP contribution is 2.37. The van der Waals surface area contributed by atoms with Gasteiger partial charge in [-0.1, -0.05) is 18.2 Å². The second kappa shape index (κ2) is 8.26. The van der Waals surface area contributed by atoms with Crippen LogP contribution in [0.3, 0.4) is 0 Å². The molecule has 0 spiro atoms. The summed E-state index contributed by atoms with van der Waals surface area (Å²) in [6.45, 7) is 11.3. The topological polar surface area (TPSA) is 85.3 Å². The van der Waals surface area contributed by atoms with E-state index in [2.05, 4.69) is 5.32 Å². The van der Waals surface area contributed by atoms with E-state index >= 15 is 0 Å². The van der Waals surface area contributed by atoms with E-state index in [1.807, 2.05) is 65.8 Å².